The fourth-order valence-corrected chi connectivity index (χ4v) is 3.09. The zero-order valence-electron chi connectivity index (χ0n) is 13.4. The van der Waals surface area contributed by atoms with Crippen LogP contribution in [0.4, 0.5) is 5.82 Å². The van der Waals surface area contributed by atoms with Crippen LogP contribution in [0.2, 0.25) is 0 Å². The lowest BCUT2D eigenvalue weighted by atomic mass is 9.95. The third kappa shape index (κ3) is 2.97. The Bertz CT molecular complexity index is 772. The molecule has 0 spiro atoms. The average Bonchev–Trinajstić information content (AvgIpc) is 2.96. The quantitative estimate of drug-likeness (QED) is 0.726. The van der Waals surface area contributed by atoms with E-state index in [0.717, 1.165) is 21.9 Å². The Balaban J connectivity index is 2.01. The minimum atomic E-state index is -0.0649. The van der Waals surface area contributed by atoms with Crippen LogP contribution in [0.3, 0.4) is 0 Å². The van der Waals surface area contributed by atoms with Crippen LogP contribution in [-0.2, 0) is 5.41 Å². The van der Waals surface area contributed by atoms with E-state index in [4.69, 9.17) is 9.97 Å². The molecule has 1 atom stereocenters. The average molecular weight is 311 g/mol. The first-order valence-corrected chi connectivity index (χ1v) is 8.40. The van der Waals surface area contributed by atoms with Crippen molar-refractivity contribution >= 4 is 27.4 Å². The van der Waals surface area contributed by atoms with Crippen molar-refractivity contribution in [2.75, 3.05) is 5.32 Å². The largest absolute Gasteiger partial charge is 0.363 e. The standard InChI is InChI=1S/C18H21N3S/c1-12(13-8-6-5-7-9-13)19-15-14-10-11-22-16(14)21-17(20-15)18(2,3)4/h5-12H,1-4H3,(H,19,20,21). The van der Waals surface area contributed by atoms with Gasteiger partial charge in [-0.1, -0.05) is 51.1 Å². The molecule has 2 aromatic heterocycles. The number of benzene rings is 1. The number of hydrogen-bond donors (Lipinski definition) is 1. The highest BCUT2D eigenvalue weighted by Gasteiger charge is 2.21. The molecule has 2 heterocycles. The molecule has 1 N–H and O–H groups in total. The first-order chi connectivity index (χ1) is 10.4. The topological polar surface area (TPSA) is 37.8 Å². The Hall–Kier alpha value is -1.94. The van der Waals surface area contributed by atoms with Gasteiger partial charge in [-0.3, -0.25) is 0 Å². The van der Waals surface area contributed by atoms with Gasteiger partial charge in [-0.15, -0.1) is 11.3 Å². The molecule has 0 fully saturated rings. The monoisotopic (exact) mass is 311 g/mol. The summed E-state index contributed by atoms with van der Waals surface area (Å²) in [6.45, 7) is 8.59. The van der Waals surface area contributed by atoms with E-state index in [2.05, 4.69) is 68.7 Å². The number of aromatic nitrogens is 2. The summed E-state index contributed by atoms with van der Waals surface area (Å²) >= 11 is 1.66. The summed E-state index contributed by atoms with van der Waals surface area (Å²) in [6.07, 6.45) is 0. The van der Waals surface area contributed by atoms with E-state index in [0.29, 0.717) is 0 Å². The van der Waals surface area contributed by atoms with Gasteiger partial charge in [0.1, 0.15) is 16.5 Å². The molecule has 0 amide bonds. The van der Waals surface area contributed by atoms with Gasteiger partial charge in [0.2, 0.25) is 0 Å². The van der Waals surface area contributed by atoms with E-state index in [1.165, 1.54) is 5.56 Å². The van der Waals surface area contributed by atoms with Crippen molar-refractivity contribution in [1.29, 1.82) is 0 Å². The molecular formula is C18H21N3S. The third-order valence-corrected chi connectivity index (χ3v) is 4.46. The van der Waals surface area contributed by atoms with E-state index >= 15 is 0 Å². The molecule has 3 rings (SSSR count). The Morgan fingerprint density at radius 2 is 1.77 bits per heavy atom. The van der Waals surface area contributed by atoms with Gasteiger partial charge in [0.25, 0.3) is 0 Å². The molecule has 1 aromatic carbocycles. The van der Waals surface area contributed by atoms with Crippen molar-refractivity contribution in [3.05, 3.63) is 53.2 Å². The van der Waals surface area contributed by atoms with Crippen molar-refractivity contribution in [3.8, 4) is 0 Å². The predicted octanol–water partition coefficient (Wildman–Crippen LogP) is 5.16. The van der Waals surface area contributed by atoms with Gasteiger partial charge in [-0.25, -0.2) is 9.97 Å². The number of thiophene rings is 1. The molecule has 0 aliphatic heterocycles. The smallest absolute Gasteiger partial charge is 0.139 e. The second kappa shape index (κ2) is 5.69. The molecule has 0 saturated carbocycles. The maximum Gasteiger partial charge on any atom is 0.139 e. The zero-order chi connectivity index (χ0) is 15.7. The van der Waals surface area contributed by atoms with Gasteiger partial charge in [-0.2, -0.15) is 0 Å². The molecule has 3 aromatic rings. The van der Waals surface area contributed by atoms with E-state index in [9.17, 15) is 0 Å². The summed E-state index contributed by atoms with van der Waals surface area (Å²) in [6, 6.07) is 12.7. The summed E-state index contributed by atoms with van der Waals surface area (Å²) in [4.78, 5) is 10.6. The maximum atomic E-state index is 4.79. The first-order valence-electron chi connectivity index (χ1n) is 7.52. The summed E-state index contributed by atoms with van der Waals surface area (Å²) in [5, 5.41) is 6.73. The Morgan fingerprint density at radius 3 is 2.45 bits per heavy atom. The van der Waals surface area contributed by atoms with Crippen LogP contribution in [0.25, 0.3) is 10.2 Å². The highest BCUT2D eigenvalue weighted by Crippen LogP contribution is 2.31. The molecule has 0 radical (unpaired) electrons. The van der Waals surface area contributed by atoms with Gasteiger partial charge in [-0.05, 0) is 23.9 Å². The van der Waals surface area contributed by atoms with Crippen LogP contribution in [0.5, 0.6) is 0 Å². The summed E-state index contributed by atoms with van der Waals surface area (Å²) in [7, 11) is 0. The van der Waals surface area contributed by atoms with Crippen LogP contribution in [0.1, 0.15) is 45.1 Å². The second-order valence-corrected chi connectivity index (χ2v) is 7.46. The van der Waals surface area contributed by atoms with Gasteiger partial charge in [0.15, 0.2) is 0 Å². The maximum absolute atomic E-state index is 4.79. The number of rotatable bonds is 3. The molecule has 0 bridgehead atoms. The van der Waals surface area contributed by atoms with Crippen molar-refractivity contribution in [3.63, 3.8) is 0 Å². The summed E-state index contributed by atoms with van der Waals surface area (Å²) in [5.74, 6) is 1.80. The van der Waals surface area contributed by atoms with Crippen molar-refractivity contribution in [2.24, 2.45) is 0 Å². The third-order valence-electron chi connectivity index (χ3n) is 3.65. The minimum absolute atomic E-state index is 0.0649. The summed E-state index contributed by atoms with van der Waals surface area (Å²) in [5.41, 5.74) is 1.19. The highest BCUT2D eigenvalue weighted by molar-refractivity contribution is 7.16. The lowest BCUT2D eigenvalue weighted by Gasteiger charge is -2.20. The van der Waals surface area contributed by atoms with E-state index < -0.39 is 0 Å². The second-order valence-electron chi connectivity index (χ2n) is 6.56. The molecule has 0 aliphatic carbocycles. The molecule has 114 valence electrons. The number of anilines is 1. The Morgan fingerprint density at radius 1 is 1.05 bits per heavy atom. The SMILES string of the molecule is CC(Nc1nc(C(C)(C)C)nc2sccc12)c1ccccc1. The van der Waals surface area contributed by atoms with Crippen molar-refractivity contribution < 1.29 is 0 Å². The molecule has 1 unspecified atom stereocenters. The van der Waals surface area contributed by atoms with Gasteiger partial charge >= 0.3 is 0 Å². The van der Waals surface area contributed by atoms with Crippen LogP contribution in [0, 0.1) is 0 Å². The predicted molar refractivity (Wildman–Crippen MR) is 94.6 cm³/mol. The van der Waals surface area contributed by atoms with Gasteiger partial charge in [0, 0.05) is 11.5 Å². The number of fused-ring (bicyclic) bond motifs is 1. The van der Waals surface area contributed by atoms with Crippen molar-refractivity contribution in [1.82, 2.24) is 9.97 Å². The van der Waals surface area contributed by atoms with Gasteiger partial charge in [0.05, 0.1) is 5.39 Å². The molecule has 0 saturated heterocycles. The minimum Gasteiger partial charge on any atom is -0.363 e. The number of nitrogens with zero attached hydrogens (tertiary/aromatic N) is 2. The Kier molecular flexibility index (Phi) is 3.87. The first kappa shape index (κ1) is 15.0. The van der Waals surface area contributed by atoms with Crippen molar-refractivity contribution in [2.45, 2.75) is 39.2 Å². The Labute approximate surface area is 135 Å². The molecule has 3 nitrogen and oxygen atoms in total. The normalized spacial score (nSPS) is 13.3. The highest BCUT2D eigenvalue weighted by atomic mass is 32.1. The fraction of sp³-hybridized carbons (Fsp3) is 0.333. The summed E-state index contributed by atoms with van der Waals surface area (Å²) < 4.78 is 0. The molecular weight excluding hydrogens is 290 g/mol. The molecule has 22 heavy (non-hydrogen) atoms. The van der Waals surface area contributed by atoms with Crippen LogP contribution in [0.15, 0.2) is 41.8 Å². The van der Waals surface area contributed by atoms with E-state index in [1.807, 2.05) is 6.07 Å². The van der Waals surface area contributed by atoms with E-state index in [-0.39, 0.29) is 11.5 Å². The lowest BCUT2D eigenvalue weighted by Crippen LogP contribution is -2.18. The van der Waals surface area contributed by atoms with E-state index in [1.54, 1.807) is 11.3 Å². The molecule has 4 heteroatoms. The lowest BCUT2D eigenvalue weighted by molar-refractivity contribution is 0.549. The van der Waals surface area contributed by atoms with Crippen LogP contribution < -0.4 is 5.32 Å². The number of hydrogen-bond acceptors (Lipinski definition) is 4. The fourth-order valence-electron chi connectivity index (χ4n) is 2.33. The number of nitrogens with one attached hydrogen (secondary N) is 1. The molecule has 0 aliphatic rings. The van der Waals surface area contributed by atoms with Crippen LogP contribution in [-0.4, -0.2) is 9.97 Å². The van der Waals surface area contributed by atoms with Gasteiger partial charge < -0.3 is 5.32 Å². The van der Waals surface area contributed by atoms with Crippen LogP contribution >= 0.6 is 11.3 Å². The zero-order valence-corrected chi connectivity index (χ0v) is 14.2.